The second-order valence-corrected chi connectivity index (χ2v) is 9.89. The smallest absolute Gasteiger partial charge is 0.305 e. The molecule has 0 aromatic rings. The largest absolute Gasteiger partial charge is 0.463 e. The van der Waals surface area contributed by atoms with E-state index in [9.17, 15) is 9.59 Å². The molecule has 0 atom stereocenters. The molecule has 40 heavy (non-hydrogen) atoms. The third-order valence-corrected chi connectivity index (χ3v) is 6.19. The maximum Gasteiger partial charge on any atom is 0.305 e. The van der Waals surface area contributed by atoms with E-state index in [0.29, 0.717) is 78.9 Å². The number of hydrogen-bond acceptors (Lipinski definition) is 9. The number of rotatable bonds is 33. The van der Waals surface area contributed by atoms with Gasteiger partial charge in [-0.25, -0.2) is 0 Å². The zero-order valence-corrected chi connectivity index (χ0v) is 25.8. The van der Waals surface area contributed by atoms with Crippen LogP contribution in [0.15, 0.2) is 0 Å². The highest BCUT2D eigenvalue weighted by atomic mass is 16.6. The molecule has 0 unspecified atom stereocenters. The minimum atomic E-state index is -0.151. The van der Waals surface area contributed by atoms with Crippen LogP contribution < -0.4 is 0 Å². The first-order valence-corrected chi connectivity index (χ1v) is 15.9. The maximum atomic E-state index is 11.7. The number of hydrogen-bond donors (Lipinski definition) is 0. The molecule has 0 radical (unpaired) electrons. The number of unbranched alkanes of at least 4 members (excludes halogenated alkanes) is 11. The highest BCUT2D eigenvalue weighted by Gasteiger charge is 2.03. The van der Waals surface area contributed by atoms with E-state index in [1.165, 1.54) is 44.9 Å². The summed E-state index contributed by atoms with van der Waals surface area (Å²) in [6.07, 6.45) is 16.4. The van der Waals surface area contributed by atoms with Gasteiger partial charge in [-0.2, -0.15) is 0 Å². The monoisotopic (exact) mass is 576 g/mol. The third-order valence-electron chi connectivity index (χ3n) is 6.19. The second-order valence-electron chi connectivity index (χ2n) is 9.89. The van der Waals surface area contributed by atoms with Crippen molar-refractivity contribution >= 4 is 11.9 Å². The Hall–Kier alpha value is -1.26. The highest BCUT2D eigenvalue weighted by Crippen LogP contribution is 2.10. The van der Waals surface area contributed by atoms with E-state index < -0.39 is 0 Å². The maximum absolute atomic E-state index is 11.7. The van der Waals surface area contributed by atoms with Crippen molar-refractivity contribution in [1.82, 2.24) is 0 Å². The Labute approximate surface area is 244 Å². The Morgan fingerprint density at radius 3 is 0.925 bits per heavy atom. The molecule has 0 aliphatic carbocycles. The summed E-state index contributed by atoms with van der Waals surface area (Å²) in [5.41, 5.74) is 0. The Bertz CT molecular complexity index is 531. The Morgan fingerprint density at radius 1 is 0.350 bits per heavy atom. The van der Waals surface area contributed by atoms with Crippen molar-refractivity contribution in [3.05, 3.63) is 0 Å². The lowest BCUT2D eigenvalue weighted by Gasteiger charge is -2.08. The standard InChI is InChI=1S/C31H60O9/c1-3-5-7-9-10-11-12-13-15-17-31(33)40-29-27-38-25-23-36-21-19-34-18-20-35-22-24-37-26-28-39-30(32)16-14-8-6-4-2/h3-29H2,1-2H3. The van der Waals surface area contributed by atoms with Gasteiger partial charge in [0.25, 0.3) is 0 Å². The molecule has 0 bridgehead atoms. The van der Waals surface area contributed by atoms with Crippen LogP contribution in [0.25, 0.3) is 0 Å². The van der Waals surface area contributed by atoms with Gasteiger partial charge < -0.3 is 33.2 Å². The number of esters is 2. The lowest BCUT2D eigenvalue weighted by atomic mass is 10.1. The first-order chi connectivity index (χ1) is 19.7. The van der Waals surface area contributed by atoms with Crippen molar-refractivity contribution in [2.24, 2.45) is 0 Å². The van der Waals surface area contributed by atoms with Crippen LogP contribution in [0.5, 0.6) is 0 Å². The van der Waals surface area contributed by atoms with Crippen molar-refractivity contribution < 1.29 is 42.7 Å². The summed E-state index contributed by atoms with van der Waals surface area (Å²) >= 11 is 0. The SMILES string of the molecule is CCCCCCCCCCCC(=O)OCCOCCOCCOCCOCCOCCOC(=O)CCCCCC. The summed E-state index contributed by atoms with van der Waals surface area (Å²) in [6.45, 7) is 9.51. The van der Waals surface area contributed by atoms with Gasteiger partial charge in [0.05, 0.1) is 66.1 Å². The molecule has 0 spiro atoms. The zero-order valence-electron chi connectivity index (χ0n) is 25.8. The first kappa shape index (κ1) is 38.7. The molecular weight excluding hydrogens is 516 g/mol. The highest BCUT2D eigenvalue weighted by molar-refractivity contribution is 5.69. The Balaban J connectivity index is 3.17. The molecule has 0 aliphatic heterocycles. The summed E-state index contributed by atoms with van der Waals surface area (Å²) in [7, 11) is 0. The number of carbonyl (C=O) groups excluding carboxylic acids is 2. The molecule has 0 aromatic heterocycles. The molecule has 0 heterocycles. The molecule has 0 saturated carbocycles. The normalized spacial score (nSPS) is 11.2. The van der Waals surface area contributed by atoms with Crippen molar-refractivity contribution in [2.75, 3.05) is 79.3 Å². The van der Waals surface area contributed by atoms with Gasteiger partial charge in [-0.1, -0.05) is 84.5 Å². The summed E-state index contributed by atoms with van der Waals surface area (Å²) in [6, 6.07) is 0. The van der Waals surface area contributed by atoms with Crippen molar-refractivity contribution in [3.63, 3.8) is 0 Å². The van der Waals surface area contributed by atoms with E-state index in [0.717, 1.165) is 38.5 Å². The molecule has 0 aromatic carbocycles. The number of ether oxygens (including phenoxy) is 7. The van der Waals surface area contributed by atoms with E-state index in [2.05, 4.69) is 13.8 Å². The average Bonchev–Trinajstić information content (AvgIpc) is 2.95. The van der Waals surface area contributed by atoms with Gasteiger partial charge in [0.2, 0.25) is 0 Å². The fourth-order valence-electron chi connectivity index (χ4n) is 3.83. The third kappa shape index (κ3) is 32.9. The number of carbonyl (C=O) groups is 2. The molecular formula is C31H60O9. The topological polar surface area (TPSA) is 98.8 Å². The van der Waals surface area contributed by atoms with Crippen LogP contribution in [0.1, 0.15) is 110 Å². The summed E-state index contributed by atoms with van der Waals surface area (Å²) < 4.78 is 37.5. The second kappa shape index (κ2) is 33.9. The molecule has 0 rings (SSSR count). The van der Waals surface area contributed by atoms with E-state index >= 15 is 0 Å². The van der Waals surface area contributed by atoms with Crippen LogP contribution in [0.4, 0.5) is 0 Å². The Kier molecular flexibility index (Phi) is 32.9. The lowest BCUT2D eigenvalue weighted by molar-refractivity contribution is -0.146. The van der Waals surface area contributed by atoms with Crippen molar-refractivity contribution in [2.45, 2.75) is 110 Å². The van der Waals surface area contributed by atoms with Crippen LogP contribution in [0, 0.1) is 0 Å². The lowest BCUT2D eigenvalue weighted by Crippen LogP contribution is -2.15. The first-order valence-electron chi connectivity index (χ1n) is 15.9. The van der Waals surface area contributed by atoms with E-state index in [1.807, 2.05) is 0 Å². The fraction of sp³-hybridized carbons (Fsp3) is 0.935. The van der Waals surface area contributed by atoms with Gasteiger partial charge in [-0.15, -0.1) is 0 Å². The molecule has 0 amide bonds. The van der Waals surface area contributed by atoms with Crippen LogP contribution in [-0.4, -0.2) is 91.2 Å². The van der Waals surface area contributed by atoms with Gasteiger partial charge in [0, 0.05) is 12.8 Å². The molecule has 0 saturated heterocycles. The predicted molar refractivity (Wildman–Crippen MR) is 157 cm³/mol. The molecule has 0 aliphatic rings. The summed E-state index contributed by atoms with van der Waals surface area (Å²) in [5.74, 6) is -0.288. The summed E-state index contributed by atoms with van der Waals surface area (Å²) in [4.78, 5) is 23.3. The minimum Gasteiger partial charge on any atom is -0.463 e. The minimum absolute atomic E-state index is 0.137. The predicted octanol–water partition coefficient (Wildman–Crippen LogP) is 6.05. The van der Waals surface area contributed by atoms with Gasteiger partial charge >= 0.3 is 11.9 Å². The average molecular weight is 577 g/mol. The van der Waals surface area contributed by atoms with Crippen LogP contribution in [0.2, 0.25) is 0 Å². The van der Waals surface area contributed by atoms with Crippen molar-refractivity contribution in [1.29, 1.82) is 0 Å². The van der Waals surface area contributed by atoms with Crippen molar-refractivity contribution in [3.8, 4) is 0 Å². The Morgan fingerprint density at radius 2 is 0.600 bits per heavy atom. The zero-order chi connectivity index (χ0) is 29.2. The van der Waals surface area contributed by atoms with Crippen LogP contribution in [0.3, 0.4) is 0 Å². The quantitative estimate of drug-likeness (QED) is 0.0683. The molecule has 0 fully saturated rings. The van der Waals surface area contributed by atoms with Crippen LogP contribution in [-0.2, 0) is 42.7 Å². The fourth-order valence-corrected chi connectivity index (χ4v) is 3.83. The van der Waals surface area contributed by atoms with E-state index in [-0.39, 0.29) is 25.2 Å². The van der Waals surface area contributed by atoms with Gasteiger partial charge in [-0.3, -0.25) is 9.59 Å². The van der Waals surface area contributed by atoms with Crippen LogP contribution >= 0.6 is 0 Å². The van der Waals surface area contributed by atoms with Gasteiger partial charge in [0.1, 0.15) is 13.2 Å². The van der Waals surface area contributed by atoms with E-state index in [1.54, 1.807) is 0 Å². The van der Waals surface area contributed by atoms with Gasteiger partial charge in [0.15, 0.2) is 0 Å². The molecule has 9 heteroatoms. The van der Waals surface area contributed by atoms with Gasteiger partial charge in [-0.05, 0) is 12.8 Å². The molecule has 9 nitrogen and oxygen atoms in total. The van der Waals surface area contributed by atoms with E-state index in [4.69, 9.17) is 33.2 Å². The molecule has 0 N–H and O–H groups in total. The molecule has 238 valence electrons. The summed E-state index contributed by atoms with van der Waals surface area (Å²) in [5, 5.41) is 0.